The van der Waals surface area contributed by atoms with Gasteiger partial charge >= 0.3 is 0 Å². The number of hydrogen-bond donors (Lipinski definition) is 0. The summed E-state index contributed by atoms with van der Waals surface area (Å²) in [5.74, 6) is -0.219. The monoisotopic (exact) mass is 343 g/mol. The van der Waals surface area contributed by atoms with Crippen molar-refractivity contribution in [3.63, 3.8) is 0 Å². The number of likely N-dealkylation sites (tertiary alicyclic amines) is 1. The zero-order valence-electron chi connectivity index (χ0n) is 13.2. The summed E-state index contributed by atoms with van der Waals surface area (Å²) in [6.45, 7) is 2.80. The maximum Gasteiger partial charge on any atom is 0.137 e. The van der Waals surface area contributed by atoms with Crippen LogP contribution in [0.25, 0.3) is 10.6 Å². The molecule has 0 amide bonds. The van der Waals surface area contributed by atoms with E-state index < -0.39 is 0 Å². The third-order valence-electron chi connectivity index (χ3n) is 4.37. The van der Waals surface area contributed by atoms with Crippen LogP contribution in [0.1, 0.15) is 18.5 Å². The van der Waals surface area contributed by atoms with Crippen molar-refractivity contribution in [3.05, 3.63) is 53.8 Å². The van der Waals surface area contributed by atoms with Crippen molar-refractivity contribution in [3.8, 4) is 10.6 Å². The minimum absolute atomic E-state index is 0.219. The standard InChI is InChI=1S/C17H18FN5S/c18-14-5-3-13(4-6-14)17-21-15(10-24-17)8-22-7-1-2-16(22)9-23-12-19-11-20-23/h3-6,10-12,16H,1-2,7-9H2/t16-/m0/s1. The molecule has 1 fully saturated rings. The summed E-state index contributed by atoms with van der Waals surface area (Å²) in [5.41, 5.74) is 2.04. The van der Waals surface area contributed by atoms with Gasteiger partial charge in [0.25, 0.3) is 0 Å². The van der Waals surface area contributed by atoms with Gasteiger partial charge in [-0.25, -0.2) is 14.4 Å². The van der Waals surface area contributed by atoms with Crippen LogP contribution in [0.3, 0.4) is 0 Å². The third kappa shape index (κ3) is 3.37. The van der Waals surface area contributed by atoms with Crippen molar-refractivity contribution < 1.29 is 4.39 Å². The van der Waals surface area contributed by atoms with Gasteiger partial charge in [-0.2, -0.15) is 5.10 Å². The van der Waals surface area contributed by atoms with Gasteiger partial charge < -0.3 is 0 Å². The summed E-state index contributed by atoms with van der Waals surface area (Å²) < 4.78 is 14.9. The quantitative estimate of drug-likeness (QED) is 0.714. The van der Waals surface area contributed by atoms with Gasteiger partial charge in [-0.1, -0.05) is 0 Å². The molecule has 1 atom stereocenters. The third-order valence-corrected chi connectivity index (χ3v) is 5.31. The molecule has 4 rings (SSSR count). The molecule has 3 heterocycles. The van der Waals surface area contributed by atoms with E-state index in [2.05, 4.69) is 20.4 Å². The predicted octanol–water partition coefficient (Wildman–Crippen LogP) is 3.21. The van der Waals surface area contributed by atoms with Crippen LogP contribution in [0.4, 0.5) is 4.39 Å². The van der Waals surface area contributed by atoms with E-state index in [1.807, 2.05) is 4.68 Å². The van der Waals surface area contributed by atoms with Gasteiger partial charge in [0.2, 0.25) is 0 Å². The Morgan fingerprint density at radius 1 is 1.25 bits per heavy atom. The highest BCUT2D eigenvalue weighted by atomic mass is 32.1. The largest absolute Gasteiger partial charge is 0.293 e. The van der Waals surface area contributed by atoms with Crippen LogP contribution in [0.2, 0.25) is 0 Å². The number of hydrogen-bond acceptors (Lipinski definition) is 5. The van der Waals surface area contributed by atoms with Gasteiger partial charge in [0.05, 0.1) is 12.2 Å². The molecule has 1 aromatic carbocycles. The topological polar surface area (TPSA) is 46.8 Å². The summed E-state index contributed by atoms with van der Waals surface area (Å²) in [5, 5.41) is 7.25. The first-order valence-electron chi connectivity index (χ1n) is 8.05. The second-order valence-corrected chi connectivity index (χ2v) is 6.89. The Bertz CT molecular complexity index is 784. The van der Waals surface area contributed by atoms with Crippen molar-refractivity contribution in [1.29, 1.82) is 0 Å². The fraction of sp³-hybridized carbons (Fsp3) is 0.353. The van der Waals surface area contributed by atoms with Crippen LogP contribution in [0.15, 0.2) is 42.3 Å². The molecular formula is C17H18FN5S. The van der Waals surface area contributed by atoms with Crippen molar-refractivity contribution >= 4 is 11.3 Å². The average molecular weight is 343 g/mol. The molecule has 24 heavy (non-hydrogen) atoms. The van der Waals surface area contributed by atoms with Crippen molar-refractivity contribution in [2.24, 2.45) is 0 Å². The molecule has 0 spiro atoms. The zero-order valence-corrected chi connectivity index (χ0v) is 14.0. The van der Waals surface area contributed by atoms with Crippen molar-refractivity contribution in [2.45, 2.75) is 32.0 Å². The molecule has 1 aliphatic rings. The van der Waals surface area contributed by atoms with Gasteiger partial charge in [-0.05, 0) is 43.7 Å². The maximum absolute atomic E-state index is 13.0. The fourth-order valence-corrected chi connectivity index (χ4v) is 3.98. The van der Waals surface area contributed by atoms with Crippen LogP contribution in [-0.2, 0) is 13.1 Å². The first-order chi connectivity index (χ1) is 11.8. The lowest BCUT2D eigenvalue weighted by Gasteiger charge is -2.23. The Balaban J connectivity index is 1.44. The summed E-state index contributed by atoms with van der Waals surface area (Å²) in [4.78, 5) is 11.2. The van der Waals surface area contributed by atoms with Crippen LogP contribution in [0.5, 0.6) is 0 Å². The minimum Gasteiger partial charge on any atom is -0.293 e. The molecular weight excluding hydrogens is 325 g/mol. The van der Waals surface area contributed by atoms with E-state index in [1.165, 1.54) is 25.0 Å². The first-order valence-corrected chi connectivity index (χ1v) is 8.93. The van der Waals surface area contributed by atoms with Gasteiger partial charge in [0, 0.05) is 23.5 Å². The molecule has 124 valence electrons. The second-order valence-electron chi connectivity index (χ2n) is 6.03. The summed E-state index contributed by atoms with van der Waals surface area (Å²) >= 11 is 1.61. The van der Waals surface area contributed by atoms with E-state index in [4.69, 9.17) is 4.98 Å². The van der Waals surface area contributed by atoms with Crippen molar-refractivity contribution in [1.82, 2.24) is 24.6 Å². The Hall–Kier alpha value is -2.12. The highest BCUT2D eigenvalue weighted by Crippen LogP contribution is 2.26. The Labute approximate surface area is 143 Å². The molecule has 3 aromatic rings. The number of rotatable bonds is 5. The normalized spacial score (nSPS) is 18.3. The number of halogens is 1. The minimum atomic E-state index is -0.219. The van der Waals surface area contributed by atoms with E-state index in [9.17, 15) is 4.39 Å². The van der Waals surface area contributed by atoms with E-state index in [1.54, 1.807) is 36.1 Å². The smallest absolute Gasteiger partial charge is 0.137 e. The highest BCUT2D eigenvalue weighted by molar-refractivity contribution is 7.13. The molecule has 0 radical (unpaired) electrons. The molecule has 0 saturated carbocycles. The molecule has 5 nitrogen and oxygen atoms in total. The molecule has 1 saturated heterocycles. The zero-order chi connectivity index (χ0) is 16.4. The molecule has 0 aliphatic carbocycles. The summed E-state index contributed by atoms with van der Waals surface area (Å²) in [6.07, 6.45) is 5.73. The SMILES string of the molecule is Fc1ccc(-c2nc(CN3CCC[C@H]3Cn3cncn3)cs2)cc1. The van der Waals surface area contributed by atoms with E-state index >= 15 is 0 Å². The van der Waals surface area contributed by atoms with E-state index in [0.29, 0.717) is 6.04 Å². The van der Waals surface area contributed by atoms with Gasteiger partial charge in [-0.3, -0.25) is 9.58 Å². The van der Waals surface area contributed by atoms with Gasteiger partial charge in [-0.15, -0.1) is 11.3 Å². The summed E-state index contributed by atoms with van der Waals surface area (Å²) in [7, 11) is 0. The van der Waals surface area contributed by atoms with Gasteiger partial charge in [0.1, 0.15) is 23.5 Å². The Morgan fingerprint density at radius 2 is 2.12 bits per heavy atom. The lowest BCUT2D eigenvalue weighted by Crippen LogP contribution is -2.32. The van der Waals surface area contributed by atoms with Crippen molar-refractivity contribution in [2.75, 3.05) is 6.54 Å². The van der Waals surface area contributed by atoms with Crippen LogP contribution < -0.4 is 0 Å². The number of benzene rings is 1. The second kappa shape index (κ2) is 6.78. The highest BCUT2D eigenvalue weighted by Gasteiger charge is 2.25. The maximum atomic E-state index is 13.0. The molecule has 0 N–H and O–H groups in total. The molecule has 2 aromatic heterocycles. The lowest BCUT2D eigenvalue weighted by molar-refractivity contribution is 0.217. The molecule has 0 bridgehead atoms. The Kier molecular flexibility index (Phi) is 4.36. The number of aromatic nitrogens is 4. The fourth-order valence-electron chi connectivity index (χ4n) is 3.17. The van der Waals surface area contributed by atoms with E-state index in [0.717, 1.165) is 35.9 Å². The average Bonchev–Trinajstić information content (AvgIpc) is 3.32. The molecule has 0 unspecified atom stereocenters. The van der Waals surface area contributed by atoms with Crippen LogP contribution in [0, 0.1) is 5.82 Å². The van der Waals surface area contributed by atoms with Crippen LogP contribution in [-0.4, -0.2) is 37.2 Å². The number of nitrogens with zero attached hydrogens (tertiary/aromatic N) is 5. The van der Waals surface area contributed by atoms with Gasteiger partial charge in [0.15, 0.2) is 0 Å². The lowest BCUT2D eigenvalue weighted by atomic mass is 10.2. The van der Waals surface area contributed by atoms with E-state index in [-0.39, 0.29) is 5.82 Å². The number of thiazole rings is 1. The predicted molar refractivity (Wildman–Crippen MR) is 91.0 cm³/mol. The molecule has 1 aliphatic heterocycles. The van der Waals surface area contributed by atoms with Crippen LogP contribution >= 0.6 is 11.3 Å². The first kappa shape index (κ1) is 15.4. The molecule has 7 heteroatoms. The summed E-state index contributed by atoms with van der Waals surface area (Å²) in [6, 6.07) is 6.99. The Morgan fingerprint density at radius 3 is 2.92 bits per heavy atom.